The SMILES string of the molecule is COc1ccccc1/C=C/C(=O)OCC(=O)N(C)CC(=O)NC(C)(C)C. The molecule has 1 N–H and O–H groups in total. The van der Waals surface area contributed by atoms with Crippen LogP contribution >= 0.6 is 0 Å². The molecule has 142 valence electrons. The van der Waals surface area contributed by atoms with Crippen molar-refractivity contribution in [3.8, 4) is 5.75 Å². The summed E-state index contributed by atoms with van der Waals surface area (Å²) >= 11 is 0. The molecular weight excluding hydrogens is 336 g/mol. The molecule has 0 aromatic heterocycles. The molecule has 7 heteroatoms. The molecule has 0 aliphatic rings. The maximum Gasteiger partial charge on any atom is 0.331 e. The van der Waals surface area contributed by atoms with Gasteiger partial charge in [0.2, 0.25) is 5.91 Å². The molecular formula is C19H26N2O5. The summed E-state index contributed by atoms with van der Waals surface area (Å²) < 4.78 is 10.1. The monoisotopic (exact) mass is 362 g/mol. The number of para-hydroxylation sites is 1. The second-order valence-electron chi connectivity index (χ2n) is 6.73. The van der Waals surface area contributed by atoms with Crippen molar-refractivity contribution in [1.29, 1.82) is 0 Å². The van der Waals surface area contributed by atoms with Crippen LogP contribution in [0.25, 0.3) is 6.08 Å². The lowest BCUT2D eigenvalue weighted by atomic mass is 10.1. The highest BCUT2D eigenvalue weighted by molar-refractivity contribution is 5.90. The standard InChI is InChI=1S/C19H26N2O5/c1-19(2,3)20-16(22)12-21(4)17(23)13-26-18(24)11-10-14-8-6-7-9-15(14)25-5/h6-11H,12-13H2,1-5H3,(H,20,22)/b11-10+. The molecule has 0 atom stereocenters. The molecule has 1 aromatic rings. The highest BCUT2D eigenvalue weighted by Gasteiger charge is 2.18. The fourth-order valence-electron chi connectivity index (χ4n) is 2.01. The van der Waals surface area contributed by atoms with Crippen LogP contribution in [0.1, 0.15) is 26.3 Å². The Hall–Kier alpha value is -2.83. The molecule has 0 aliphatic carbocycles. The second-order valence-corrected chi connectivity index (χ2v) is 6.73. The summed E-state index contributed by atoms with van der Waals surface area (Å²) in [5.74, 6) is -0.780. The molecule has 0 unspecified atom stereocenters. The van der Waals surface area contributed by atoms with Gasteiger partial charge >= 0.3 is 5.97 Å². The van der Waals surface area contributed by atoms with Crippen molar-refractivity contribution in [2.24, 2.45) is 0 Å². The zero-order valence-corrected chi connectivity index (χ0v) is 15.9. The Morgan fingerprint density at radius 3 is 2.46 bits per heavy atom. The molecule has 1 rings (SSSR count). The van der Waals surface area contributed by atoms with E-state index in [-0.39, 0.29) is 18.0 Å². The maximum atomic E-state index is 11.9. The number of hydrogen-bond donors (Lipinski definition) is 1. The lowest BCUT2D eigenvalue weighted by molar-refractivity contribution is -0.148. The summed E-state index contributed by atoms with van der Waals surface area (Å²) in [5.41, 5.74) is 0.339. The molecule has 0 radical (unpaired) electrons. The number of carbonyl (C=O) groups excluding carboxylic acids is 3. The van der Waals surface area contributed by atoms with Crippen LogP contribution in [-0.4, -0.2) is 55.5 Å². The first-order chi connectivity index (χ1) is 12.1. The predicted octanol–water partition coefficient (Wildman–Crippen LogP) is 1.62. The fourth-order valence-corrected chi connectivity index (χ4v) is 2.01. The minimum absolute atomic E-state index is 0.106. The van der Waals surface area contributed by atoms with Gasteiger partial charge in [-0.2, -0.15) is 0 Å². The Morgan fingerprint density at radius 2 is 1.85 bits per heavy atom. The molecule has 0 fully saturated rings. The lowest BCUT2D eigenvalue weighted by Crippen LogP contribution is -2.46. The van der Waals surface area contributed by atoms with Crippen molar-refractivity contribution < 1.29 is 23.9 Å². The molecule has 1 aromatic carbocycles. The number of likely N-dealkylation sites (N-methyl/N-ethyl adjacent to an activating group) is 1. The first-order valence-electron chi connectivity index (χ1n) is 8.15. The summed E-state index contributed by atoms with van der Waals surface area (Å²) in [6.07, 6.45) is 2.77. The van der Waals surface area contributed by atoms with Crippen LogP contribution < -0.4 is 10.1 Å². The van der Waals surface area contributed by atoms with Gasteiger partial charge in [-0.15, -0.1) is 0 Å². The van der Waals surface area contributed by atoms with Gasteiger partial charge in [0.05, 0.1) is 13.7 Å². The zero-order valence-electron chi connectivity index (χ0n) is 15.9. The van der Waals surface area contributed by atoms with Crippen LogP contribution in [0.15, 0.2) is 30.3 Å². The quantitative estimate of drug-likeness (QED) is 0.589. The van der Waals surface area contributed by atoms with Gasteiger partial charge in [-0.1, -0.05) is 18.2 Å². The minimum atomic E-state index is -0.656. The van der Waals surface area contributed by atoms with E-state index in [4.69, 9.17) is 9.47 Å². The van der Waals surface area contributed by atoms with Crippen molar-refractivity contribution in [2.75, 3.05) is 27.3 Å². The van der Waals surface area contributed by atoms with Crippen LogP contribution in [0, 0.1) is 0 Å². The molecule has 7 nitrogen and oxygen atoms in total. The number of hydrogen-bond acceptors (Lipinski definition) is 5. The number of rotatable bonds is 7. The van der Waals surface area contributed by atoms with Crippen molar-refractivity contribution in [3.63, 3.8) is 0 Å². The third-order valence-corrected chi connectivity index (χ3v) is 3.20. The summed E-state index contributed by atoms with van der Waals surface area (Å²) in [5, 5.41) is 2.76. The summed E-state index contributed by atoms with van der Waals surface area (Å²) in [6, 6.07) is 7.19. The minimum Gasteiger partial charge on any atom is -0.496 e. The number of esters is 1. The number of nitrogens with zero attached hydrogens (tertiary/aromatic N) is 1. The Bertz CT molecular complexity index is 677. The van der Waals surface area contributed by atoms with Crippen LogP contribution in [0.4, 0.5) is 0 Å². The van der Waals surface area contributed by atoms with E-state index in [1.807, 2.05) is 32.9 Å². The Labute approximate surface area is 154 Å². The zero-order chi connectivity index (χ0) is 19.7. The van der Waals surface area contributed by atoms with Gasteiger partial charge in [0.1, 0.15) is 5.75 Å². The van der Waals surface area contributed by atoms with E-state index < -0.39 is 18.5 Å². The van der Waals surface area contributed by atoms with E-state index in [2.05, 4.69) is 5.32 Å². The Balaban J connectivity index is 2.47. The van der Waals surface area contributed by atoms with E-state index in [9.17, 15) is 14.4 Å². The molecule has 0 bridgehead atoms. The molecule has 0 heterocycles. The third-order valence-electron chi connectivity index (χ3n) is 3.20. The molecule has 0 aliphatic heterocycles. The average Bonchev–Trinajstić information content (AvgIpc) is 2.56. The van der Waals surface area contributed by atoms with Gasteiger partial charge in [-0.05, 0) is 32.9 Å². The van der Waals surface area contributed by atoms with Crippen LogP contribution in [0.5, 0.6) is 5.75 Å². The highest BCUT2D eigenvalue weighted by atomic mass is 16.5. The molecule has 2 amide bonds. The Kier molecular flexibility index (Phi) is 7.83. The summed E-state index contributed by atoms with van der Waals surface area (Å²) in [7, 11) is 3.01. The molecule has 26 heavy (non-hydrogen) atoms. The molecule has 0 spiro atoms. The van der Waals surface area contributed by atoms with E-state index >= 15 is 0 Å². The van der Waals surface area contributed by atoms with Crippen molar-refractivity contribution in [3.05, 3.63) is 35.9 Å². The van der Waals surface area contributed by atoms with Gasteiger partial charge in [-0.3, -0.25) is 9.59 Å². The van der Waals surface area contributed by atoms with Gasteiger partial charge in [0, 0.05) is 24.2 Å². The summed E-state index contributed by atoms with van der Waals surface area (Å²) in [6.45, 7) is 5.01. The topological polar surface area (TPSA) is 84.9 Å². The highest BCUT2D eigenvalue weighted by Crippen LogP contribution is 2.18. The van der Waals surface area contributed by atoms with E-state index in [1.165, 1.54) is 25.1 Å². The number of ether oxygens (including phenoxy) is 2. The maximum absolute atomic E-state index is 11.9. The van der Waals surface area contributed by atoms with E-state index in [1.54, 1.807) is 18.2 Å². The first kappa shape index (κ1) is 21.2. The molecule has 0 saturated carbocycles. The Morgan fingerprint density at radius 1 is 1.19 bits per heavy atom. The fraction of sp³-hybridized carbons (Fsp3) is 0.421. The number of methoxy groups -OCH3 is 1. The van der Waals surface area contributed by atoms with Crippen LogP contribution in [-0.2, 0) is 19.1 Å². The predicted molar refractivity (Wildman–Crippen MR) is 98.5 cm³/mol. The van der Waals surface area contributed by atoms with Crippen molar-refractivity contribution in [1.82, 2.24) is 10.2 Å². The van der Waals surface area contributed by atoms with Crippen LogP contribution in [0.3, 0.4) is 0 Å². The van der Waals surface area contributed by atoms with Gasteiger partial charge in [0.15, 0.2) is 6.61 Å². The second kappa shape index (κ2) is 9.60. The number of carbonyl (C=O) groups is 3. The average molecular weight is 362 g/mol. The number of nitrogens with one attached hydrogen (secondary N) is 1. The largest absolute Gasteiger partial charge is 0.496 e. The first-order valence-corrected chi connectivity index (χ1v) is 8.15. The van der Waals surface area contributed by atoms with Gasteiger partial charge in [0.25, 0.3) is 5.91 Å². The van der Waals surface area contributed by atoms with Gasteiger partial charge in [-0.25, -0.2) is 4.79 Å². The lowest BCUT2D eigenvalue weighted by Gasteiger charge is -2.23. The van der Waals surface area contributed by atoms with Crippen molar-refractivity contribution >= 4 is 23.9 Å². The smallest absolute Gasteiger partial charge is 0.331 e. The third kappa shape index (κ3) is 7.83. The normalized spacial score (nSPS) is 11.1. The number of benzene rings is 1. The van der Waals surface area contributed by atoms with E-state index in [0.717, 1.165) is 0 Å². The summed E-state index contributed by atoms with van der Waals surface area (Å²) in [4.78, 5) is 36.7. The van der Waals surface area contributed by atoms with Gasteiger partial charge < -0.3 is 19.7 Å². The van der Waals surface area contributed by atoms with Crippen molar-refractivity contribution in [2.45, 2.75) is 26.3 Å². The van der Waals surface area contributed by atoms with Crippen LogP contribution in [0.2, 0.25) is 0 Å². The van der Waals surface area contributed by atoms with E-state index in [0.29, 0.717) is 11.3 Å². The number of amides is 2. The molecule has 0 saturated heterocycles.